The van der Waals surface area contributed by atoms with Crippen LogP contribution in [0.5, 0.6) is 0 Å². The maximum atomic E-state index is 13.3. The molecule has 1 nitrogen and oxygen atoms in total. The summed E-state index contributed by atoms with van der Waals surface area (Å²) in [6.45, 7) is 2.01. The van der Waals surface area contributed by atoms with E-state index in [0.717, 1.165) is 14.5 Å². The van der Waals surface area contributed by atoms with Gasteiger partial charge in [-0.2, -0.15) is 0 Å². The number of hydrogen-bond donors (Lipinski definition) is 1. The van der Waals surface area contributed by atoms with E-state index in [2.05, 4.69) is 37.2 Å². The van der Waals surface area contributed by atoms with Crippen molar-refractivity contribution in [2.24, 2.45) is 0 Å². The highest BCUT2D eigenvalue weighted by molar-refractivity contribution is 9.11. The highest BCUT2D eigenvalue weighted by Gasteiger charge is 2.10. The molecule has 0 radical (unpaired) electrons. The summed E-state index contributed by atoms with van der Waals surface area (Å²) in [6, 6.07) is 10.4. The van der Waals surface area contributed by atoms with Crippen molar-refractivity contribution in [2.75, 3.05) is 5.32 Å². The molecule has 0 aromatic heterocycles. The van der Waals surface area contributed by atoms with Gasteiger partial charge in [0.05, 0.1) is 0 Å². The van der Waals surface area contributed by atoms with E-state index in [4.69, 9.17) is 11.6 Å². The van der Waals surface area contributed by atoms with E-state index in [1.807, 2.05) is 25.1 Å². The van der Waals surface area contributed by atoms with Crippen LogP contribution >= 0.6 is 43.5 Å². The molecular formula is C14H11Br2ClFN. The average Bonchev–Trinajstić information content (AvgIpc) is 2.26. The fourth-order valence-corrected chi connectivity index (χ4v) is 3.43. The first kappa shape index (κ1) is 14.8. The van der Waals surface area contributed by atoms with Crippen LogP contribution in [-0.2, 0) is 0 Å². The van der Waals surface area contributed by atoms with E-state index in [-0.39, 0.29) is 11.9 Å². The predicted octanol–water partition coefficient (Wildman–Crippen LogP) is 6.18. The molecule has 0 spiro atoms. The van der Waals surface area contributed by atoms with Gasteiger partial charge in [0.15, 0.2) is 0 Å². The van der Waals surface area contributed by atoms with E-state index in [0.29, 0.717) is 10.7 Å². The lowest BCUT2D eigenvalue weighted by Gasteiger charge is -2.17. The van der Waals surface area contributed by atoms with E-state index >= 15 is 0 Å². The predicted molar refractivity (Wildman–Crippen MR) is 85.3 cm³/mol. The first-order valence-electron chi connectivity index (χ1n) is 5.63. The molecule has 0 bridgehead atoms. The SMILES string of the molecule is CC(Nc1cc(F)cc(Cl)c1)c1ccc(Br)cc1Br. The standard InChI is InChI=1S/C14H11Br2ClFN/c1-8(13-3-2-9(15)4-14(13)16)19-12-6-10(17)5-11(18)7-12/h2-8,19H,1H3. The smallest absolute Gasteiger partial charge is 0.126 e. The molecule has 0 aliphatic heterocycles. The highest BCUT2D eigenvalue weighted by atomic mass is 79.9. The lowest BCUT2D eigenvalue weighted by atomic mass is 10.1. The van der Waals surface area contributed by atoms with Gasteiger partial charge in [-0.1, -0.05) is 49.5 Å². The van der Waals surface area contributed by atoms with E-state index in [1.54, 1.807) is 6.07 Å². The molecule has 2 aromatic rings. The van der Waals surface area contributed by atoms with Crippen LogP contribution in [0.25, 0.3) is 0 Å². The first-order valence-corrected chi connectivity index (χ1v) is 7.59. The summed E-state index contributed by atoms with van der Waals surface area (Å²) in [7, 11) is 0. The summed E-state index contributed by atoms with van der Waals surface area (Å²) in [6.07, 6.45) is 0. The van der Waals surface area contributed by atoms with Crippen molar-refractivity contribution in [1.29, 1.82) is 0 Å². The quantitative estimate of drug-likeness (QED) is 0.641. The topological polar surface area (TPSA) is 12.0 Å². The Morgan fingerprint density at radius 2 is 1.89 bits per heavy atom. The molecule has 100 valence electrons. The number of nitrogens with one attached hydrogen (secondary N) is 1. The second-order valence-corrected chi connectivity index (χ2v) is 6.40. The van der Waals surface area contributed by atoms with Crippen molar-refractivity contribution in [2.45, 2.75) is 13.0 Å². The molecule has 19 heavy (non-hydrogen) atoms. The fraction of sp³-hybridized carbons (Fsp3) is 0.143. The molecule has 0 aliphatic carbocycles. The Morgan fingerprint density at radius 3 is 2.53 bits per heavy atom. The Kier molecular flexibility index (Phi) is 4.87. The van der Waals surface area contributed by atoms with Gasteiger partial charge >= 0.3 is 0 Å². The Morgan fingerprint density at radius 1 is 1.16 bits per heavy atom. The molecular weight excluding hydrogens is 396 g/mol. The number of rotatable bonds is 3. The molecule has 0 saturated carbocycles. The van der Waals surface area contributed by atoms with Crippen LogP contribution in [-0.4, -0.2) is 0 Å². The van der Waals surface area contributed by atoms with Crippen LogP contribution in [0, 0.1) is 5.82 Å². The molecule has 0 amide bonds. The minimum atomic E-state index is -0.350. The third-order valence-electron chi connectivity index (χ3n) is 2.67. The van der Waals surface area contributed by atoms with Gasteiger partial charge in [-0.15, -0.1) is 0 Å². The van der Waals surface area contributed by atoms with Crippen LogP contribution in [0.1, 0.15) is 18.5 Å². The maximum absolute atomic E-state index is 13.3. The minimum Gasteiger partial charge on any atom is -0.378 e. The Labute approximate surface area is 133 Å². The number of benzene rings is 2. The van der Waals surface area contributed by atoms with Gasteiger partial charge in [0.1, 0.15) is 5.82 Å². The Balaban J connectivity index is 2.22. The summed E-state index contributed by atoms with van der Waals surface area (Å²) in [4.78, 5) is 0. The normalized spacial score (nSPS) is 12.3. The summed E-state index contributed by atoms with van der Waals surface area (Å²) in [5.74, 6) is -0.350. The monoisotopic (exact) mass is 405 g/mol. The van der Waals surface area contributed by atoms with E-state index in [9.17, 15) is 4.39 Å². The van der Waals surface area contributed by atoms with Crippen LogP contribution in [0.2, 0.25) is 5.02 Å². The van der Waals surface area contributed by atoms with Crippen molar-refractivity contribution >= 4 is 49.1 Å². The molecule has 1 N–H and O–H groups in total. The van der Waals surface area contributed by atoms with E-state index < -0.39 is 0 Å². The zero-order chi connectivity index (χ0) is 14.0. The number of halogens is 4. The molecule has 0 heterocycles. The minimum absolute atomic E-state index is 0.0281. The summed E-state index contributed by atoms with van der Waals surface area (Å²) < 4.78 is 15.3. The van der Waals surface area contributed by atoms with Crippen LogP contribution in [0.15, 0.2) is 45.3 Å². The van der Waals surface area contributed by atoms with Gasteiger partial charge in [-0.3, -0.25) is 0 Å². The average molecular weight is 408 g/mol. The lowest BCUT2D eigenvalue weighted by molar-refractivity contribution is 0.628. The zero-order valence-electron chi connectivity index (χ0n) is 10.1. The van der Waals surface area contributed by atoms with E-state index in [1.165, 1.54) is 12.1 Å². The number of hydrogen-bond acceptors (Lipinski definition) is 1. The second-order valence-electron chi connectivity index (χ2n) is 4.19. The second kappa shape index (κ2) is 6.25. The molecule has 1 unspecified atom stereocenters. The van der Waals surface area contributed by atoms with Gasteiger partial charge in [0.2, 0.25) is 0 Å². The van der Waals surface area contributed by atoms with Gasteiger partial charge in [-0.05, 0) is 42.8 Å². The fourth-order valence-electron chi connectivity index (χ4n) is 1.82. The molecule has 2 aromatic carbocycles. The molecule has 0 saturated heterocycles. The Hall–Kier alpha value is -0.580. The van der Waals surface area contributed by atoms with Gasteiger partial charge < -0.3 is 5.32 Å². The Bertz CT molecular complexity index is 584. The lowest BCUT2D eigenvalue weighted by Crippen LogP contribution is -2.07. The van der Waals surface area contributed by atoms with Crippen molar-refractivity contribution in [3.05, 3.63) is 61.7 Å². The zero-order valence-corrected chi connectivity index (χ0v) is 14.0. The first-order chi connectivity index (χ1) is 8.95. The van der Waals surface area contributed by atoms with Crippen LogP contribution in [0.4, 0.5) is 10.1 Å². The van der Waals surface area contributed by atoms with Crippen molar-refractivity contribution in [3.63, 3.8) is 0 Å². The highest BCUT2D eigenvalue weighted by Crippen LogP contribution is 2.29. The van der Waals surface area contributed by atoms with Gasteiger partial charge in [-0.25, -0.2) is 4.39 Å². The van der Waals surface area contributed by atoms with Crippen LogP contribution < -0.4 is 5.32 Å². The third-order valence-corrected chi connectivity index (χ3v) is 4.07. The largest absolute Gasteiger partial charge is 0.378 e. The van der Waals surface area contributed by atoms with Crippen molar-refractivity contribution < 1.29 is 4.39 Å². The summed E-state index contributed by atoms with van der Waals surface area (Å²) >= 11 is 12.8. The maximum Gasteiger partial charge on any atom is 0.126 e. The molecule has 0 aliphatic rings. The molecule has 0 fully saturated rings. The van der Waals surface area contributed by atoms with Crippen molar-refractivity contribution in [1.82, 2.24) is 0 Å². The molecule has 2 rings (SSSR count). The summed E-state index contributed by atoms with van der Waals surface area (Å²) in [5, 5.41) is 3.61. The summed E-state index contributed by atoms with van der Waals surface area (Å²) in [5.41, 5.74) is 1.75. The molecule has 5 heteroatoms. The molecule has 1 atom stereocenters. The van der Waals surface area contributed by atoms with Crippen LogP contribution in [0.3, 0.4) is 0 Å². The van der Waals surface area contributed by atoms with Crippen molar-refractivity contribution in [3.8, 4) is 0 Å². The third kappa shape index (κ3) is 3.94. The van der Waals surface area contributed by atoms with Gasteiger partial charge in [0.25, 0.3) is 0 Å². The van der Waals surface area contributed by atoms with Gasteiger partial charge in [0, 0.05) is 25.7 Å². The number of anilines is 1.